The monoisotopic (exact) mass is 256 g/mol. The predicted octanol–water partition coefficient (Wildman–Crippen LogP) is 2.97. The minimum absolute atomic E-state index is 0.282. The molecule has 2 rings (SSSR count). The molecule has 2 aromatic rings. The van der Waals surface area contributed by atoms with E-state index in [2.05, 4.69) is 15.3 Å². The summed E-state index contributed by atoms with van der Waals surface area (Å²) in [5, 5.41) is 11.9. The molecule has 1 aromatic carbocycles. The van der Waals surface area contributed by atoms with Gasteiger partial charge in [-0.3, -0.25) is 0 Å². The van der Waals surface area contributed by atoms with Crippen LogP contribution in [0.5, 0.6) is 0 Å². The van der Waals surface area contributed by atoms with E-state index >= 15 is 0 Å². The van der Waals surface area contributed by atoms with Crippen molar-refractivity contribution in [1.82, 2.24) is 9.97 Å². The summed E-state index contributed by atoms with van der Waals surface area (Å²) in [5.41, 5.74) is 1.51. The molecule has 0 saturated carbocycles. The summed E-state index contributed by atoms with van der Waals surface area (Å²) in [4.78, 5) is 8.22. The van der Waals surface area contributed by atoms with Crippen molar-refractivity contribution < 1.29 is 4.39 Å². The number of benzene rings is 1. The van der Waals surface area contributed by atoms with Crippen LogP contribution in [0.2, 0.25) is 0 Å². The molecule has 0 aliphatic heterocycles. The lowest BCUT2D eigenvalue weighted by atomic mass is 10.1. The minimum atomic E-state index is -0.283. The molecule has 0 saturated heterocycles. The number of nitrogens with zero attached hydrogens (tertiary/aromatic N) is 3. The smallest absolute Gasteiger partial charge is 0.224 e. The number of aryl methyl sites for hydroxylation is 1. The molecule has 0 radical (unpaired) electrons. The second kappa shape index (κ2) is 5.44. The molecule has 0 aliphatic rings. The van der Waals surface area contributed by atoms with Gasteiger partial charge in [-0.25, -0.2) is 14.4 Å². The Kier molecular flexibility index (Phi) is 3.71. The van der Waals surface area contributed by atoms with Crippen LogP contribution in [0.15, 0.2) is 30.3 Å². The lowest BCUT2D eigenvalue weighted by molar-refractivity contribution is 0.599. The third-order valence-corrected chi connectivity index (χ3v) is 2.69. The van der Waals surface area contributed by atoms with Crippen LogP contribution in [0.1, 0.15) is 29.9 Å². The average molecular weight is 256 g/mol. The van der Waals surface area contributed by atoms with Gasteiger partial charge in [-0.15, -0.1) is 0 Å². The van der Waals surface area contributed by atoms with Crippen LogP contribution in [0.4, 0.5) is 10.3 Å². The van der Waals surface area contributed by atoms with Crippen molar-refractivity contribution in [2.75, 3.05) is 5.32 Å². The number of aromatic nitrogens is 2. The maximum absolute atomic E-state index is 13.6. The average Bonchev–Trinajstić information content (AvgIpc) is 2.38. The number of hydrogen-bond acceptors (Lipinski definition) is 4. The second-order valence-corrected chi connectivity index (χ2v) is 4.22. The zero-order chi connectivity index (χ0) is 13.8. The molecule has 96 valence electrons. The van der Waals surface area contributed by atoms with Gasteiger partial charge in [0, 0.05) is 11.3 Å². The molecule has 1 heterocycles. The molecule has 1 aromatic heterocycles. The summed E-state index contributed by atoms with van der Waals surface area (Å²) in [7, 11) is 0. The summed E-state index contributed by atoms with van der Waals surface area (Å²) in [6, 6.07) is 9.80. The zero-order valence-corrected chi connectivity index (χ0v) is 10.7. The van der Waals surface area contributed by atoms with Crippen molar-refractivity contribution in [3.05, 3.63) is 53.1 Å². The van der Waals surface area contributed by atoms with Crippen molar-refractivity contribution in [2.45, 2.75) is 19.9 Å². The Bertz CT molecular complexity index is 634. The van der Waals surface area contributed by atoms with Gasteiger partial charge in [-0.05, 0) is 26.0 Å². The van der Waals surface area contributed by atoms with Gasteiger partial charge in [-0.2, -0.15) is 5.26 Å². The number of rotatable bonds is 3. The fourth-order valence-corrected chi connectivity index (χ4v) is 1.79. The normalized spacial score (nSPS) is 11.7. The van der Waals surface area contributed by atoms with Crippen LogP contribution in [-0.4, -0.2) is 9.97 Å². The van der Waals surface area contributed by atoms with Gasteiger partial charge < -0.3 is 5.32 Å². The van der Waals surface area contributed by atoms with Gasteiger partial charge in [0.25, 0.3) is 0 Å². The SMILES string of the molecule is Cc1cc(C#N)nc(NC(C)c2ccccc2F)n1. The van der Waals surface area contributed by atoms with Gasteiger partial charge in [0.05, 0.1) is 6.04 Å². The van der Waals surface area contributed by atoms with E-state index in [0.717, 1.165) is 0 Å². The molecular formula is C14H13FN4. The molecule has 0 aliphatic carbocycles. The van der Waals surface area contributed by atoms with Crippen molar-refractivity contribution in [3.8, 4) is 6.07 Å². The highest BCUT2D eigenvalue weighted by atomic mass is 19.1. The van der Waals surface area contributed by atoms with Gasteiger partial charge >= 0.3 is 0 Å². The van der Waals surface area contributed by atoms with Crippen LogP contribution in [0.3, 0.4) is 0 Å². The second-order valence-electron chi connectivity index (χ2n) is 4.22. The third kappa shape index (κ3) is 3.05. The lowest BCUT2D eigenvalue weighted by Gasteiger charge is -2.15. The van der Waals surface area contributed by atoms with E-state index in [0.29, 0.717) is 17.2 Å². The van der Waals surface area contributed by atoms with E-state index in [1.54, 1.807) is 31.2 Å². The molecule has 1 unspecified atom stereocenters. The number of hydrogen-bond donors (Lipinski definition) is 1. The molecule has 0 fully saturated rings. The largest absolute Gasteiger partial charge is 0.348 e. The standard InChI is InChI=1S/C14H13FN4/c1-9-7-11(8-16)19-14(17-9)18-10(2)12-5-3-4-6-13(12)15/h3-7,10H,1-2H3,(H,17,18,19). The van der Waals surface area contributed by atoms with Crippen molar-refractivity contribution in [1.29, 1.82) is 5.26 Å². The number of anilines is 1. The Morgan fingerprint density at radius 2 is 2.05 bits per heavy atom. The van der Waals surface area contributed by atoms with Crippen LogP contribution in [0, 0.1) is 24.1 Å². The van der Waals surface area contributed by atoms with Crippen LogP contribution >= 0.6 is 0 Å². The molecule has 0 bridgehead atoms. The first-order valence-corrected chi connectivity index (χ1v) is 5.87. The maximum atomic E-state index is 13.6. The Morgan fingerprint density at radius 1 is 1.32 bits per heavy atom. The summed E-state index contributed by atoms with van der Waals surface area (Å²) in [6.45, 7) is 3.59. The van der Waals surface area contributed by atoms with Crippen LogP contribution < -0.4 is 5.32 Å². The molecule has 5 heteroatoms. The van der Waals surface area contributed by atoms with Gasteiger partial charge in [0.2, 0.25) is 5.95 Å². The van der Waals surface area contributed by atoms with Gasteiger partial charge in [0.15, 0.2) is 0 Å². The number of nitrogens with one attached hydrogen (secondary N) is 1. The Hall–Kier alpha value is -2.48. The first kappa shape index (κ1) is 13.0. The molecular weight excluding hydrogens is 243 g/mol. The fraction of sp³-hybridized carbons (Fsp3) is 0.214. The summed E-state index contributed by atoms with van der Waals surface area (Å²) in [5.74, 6) is 0.0444. The molecule has 1 N–H and O–H groups in total. The van der Waals surface area contributed by atoms with E-state index in [9.17, 15) is 4.39 Å². The third-order valence-electron chi connectivity index (χ3n) is 2.69. The van der Waals surface area contributed by atoms with Crippen LogP contribution in [-0.2, 0) is 0 Å². The van der Waals surface area contributed by atoms with Crippen molar-refractivity contribution >= 4 is 5.95 Å². The first-order valence-electron chi connectivity index (χ1n) is 5.87. The van der Waals surface area contributed by atoms with E-state index in [4.69, 9.17) is 5.26 Å². The number of halogens is 1. The van der Waals surface area contributed by atoms with Gasteiger partial charge in [0.1, 0.15) is 17.6 Å². The predicted molar refractivity (Wildman–Crippen MR) is 69.9 cm³/mol. The highest BCUT2D eigenvalue weighted by Gasteiger charge is 2.12. The van der Waals surface area contributed by atoms with E-state index in [1.807, 2.05) is 13.0 Å². The quantitative estimate of drug-likeness (QED) is 0.917. The van der Waals surface area contributed by atoms with E-state index in [-0.39, 0.29) is 17.6 Å². The Morgan fingerprint density at radius 3 is 2.74 bits per heavy atom. The van der Waals surface area contributed by atoms with Crippen molar-refractivity contribution in [3.63, 3.8) is 0 Å². The highest BCUT2D eigenvalue weighted by molar-refractivity contribution is 5.36. The maximum Gasteiger partial charge on any atom is 0.224 e. The molecule has 0 amide bonds. The Labute approximate surface area is 110 Å². The summed E-state index contributed by atoms with van der Waals surface area (Å²) in [6.07, 6.45) is 0. The molecule has 1 atom stereocenters. The summed E-state index contributed by atoms with van der Waals surface area (Å²) >= 11 is 0. The molecule has 0 spiro atoms. The Balaban J connectivity index is 2.24. The summed E-state index contributed by atoms with van der Waals surface area (Å²) < 4.78 is 13.6. The zero-order valence-electron chi connectivity index (χ0n) is 10.7. The van der Waals surface area contributed by atoms with Gasteiger partial charge in [-0.1, -0.05) is 18.2 Å². The highest BCUT2D eigenvalue weighted by Crippen LogP contribution is 2.19. The van der Waals surface area contributed by atoms with Crippen molar-refractivity contribution in [2.24, 2.45) is 0 Å². The topological polar surface area (TPSA) is 61.6 Å². The minimum Gasteiger partial charge on any atom is -0.348 e. The van der Waals surface area contributed by atoms with Crippen LogP contribution in [0.25, 0.3) is 0 Å². The fourth-order valence-electron chi connectivity index (χ4n) is 1.79. The lowest BCUT2D eigenvalue weighted by Crippen LogP contribution is -2.11. The number of nitriles is 1. The first-order chi connectivity index (χ1) is 9.10. The van der Waals surface area contributed by atoms with E-state index < -0.39 is 0 Å². The van der Waals surface area contributed by atoms with E-state index in [1.165, 1.54) is 6.07 Å². The molecule has 19 heavy (non-hydrogen) atoms. The molecule has 4 nitrogen and oxygen atoms in total.